The van der Waals surface area contributed by atoms with E-state index in [-0.39, 0.29) is 11.9 Å². The topological polar surface area (TPSA) is 46.6 Å². The Bertz CT molecular complexity index is 417. The minimum atomic E-state index is -0.217. The Kier molecular flexibility index (Phi) is 7.40. The molecule has 1 aromatic carbocycles. The van der Waals surface area contributed by atoms with E-state index in [0.717, 1.165) is 12.0 Å². The minimum Gasteiger partial charge on any atom is -0.466 e. The molecule has 4 nitrogen and oxygen atoms in total. The monoisotopic (exact) mass is 277 g/mol. The van der Waals surface area contributed by atoms with Gasteiger partial charge < -0.3 is 9.64 Å². The lowest BCUT2D eigenvalue weighted by molar-refractivity contribution is -0.143. The normalized spacial score (nSPS) is 10.1. The lowest BCUT2D eigenvalue weighted by Gasteiger charge is -2.17. The summed E-state index contributed by atoms with van der Waals surface area (Å²) in [7, 11) is 1.78. The van der Waals surface area contributed by atoms with Gasteiger partial charge in [0.25, 0.3) is 0 Å². The molecule has 0 aromatic heterocycles. The van der Waals surface area contributed by atoms with Gasteiger partial charge in [-0.05, 0) is 18.4 Å². The first-order chi connectivity index (χ1) is 9.63. The number of carbonyl (C=O) groups is 2. The highest BCUT2D eigenvalue weighted by Gasteiger charge is 2.10. The van der Waals surface area contributed by atoms with Crippen molar-refractivity contribution in [3.8, 4) is 0 Å². The number of hydrogen-bond acceptors (Lipinski definition) is 3. The maximum Gasteiger partial charge on any atom is 0.305 e. The van der Waals surface area contributed by atoms with Gasteiger partial charge in [-0.2, -0.15) is 0 Å². The van der Waals surface area contributed by atoms with Crippen molar-refractivity contribution in [2.75, 3.05) is 13.7 Å². The first kappa shape index (κ1) is 16.2. The first-order valence-electron chi connectivity index (χ1n) is 7.07. The molecule has 0 heterocycles. The largest absolute Gasteiger partial charge is 0.466 e. The molecular formula is C16H23NO3. The van der Waals surface area contributed by atoms with E-state index in [1.165, 1.54) is 0 Å². The van der Waals surface area contributed by atoms with Crippen molar-refractivity contribution in [2.24, 2.45) is 0 Å². The summed E-state index contributed by atoms with van der Waals surface area (Å²) >= 11 is 0. The predicted molar refractivity (Wildman–Crippen MR) is 78.0 cm³/mol. The summed E-state index contributed by atoms with van der Waals surface area (Å²) in [6, 6.07) is 9.85. The maximum atomic E-state index is 11.9. The molecule has 0 aliphatic carbocycles. The third-order valence-electron chi connectivity index (χ3n) is 2.93. The van der Waals surface area contributed by atoms with Crippen LogP contribution in [-0.4, -0.2) is 30.4 Å². The van der Waals surface area contributed by atoms with Crippen LogP contribution in [0.3, 0.4) is 0 Å². The van der Waals surface area contributed by atoms with Crippen molar-refractivity contribution in [1.82, 2.24) is 4.90 Å². The molecule has 4 heteroatoms. The number of benzene rings is 1. The Morgan fingerprint density at radius 1 is 1.15 bits per heavy atom. The number of esters is 1. The van der Waals surface area contributed by atoms with Crippen molar-refractivity contribution < 1.29 is 14.3 Å². The molecule has 110 valence electrons. The van der Waals surface area contributed by atoms with Gasteiger partial charge in [-0.25, -0.2) is 0 Å². The van der Waals surface area contributed by atoms with Crippen LogP contribution in [0.5, 0.6) is 0 Å². The van der Waals surface area contributed by atoms with Gasteiger partial charge in [0.15, 0.2) is 0 Å². The SMILES string of the molecule is CCCOC(=O)CCCC(=O)N(C)Cc1ccccc1. The number of ether oxygens (including phenoxy) is 1. The number of hydrogen-bond donors (Lipinski definition) is 0. The molecule has 0 aliphatic heterocycles. The fraction of sp³-hybridized carbons (Fsp3) is 0.500. The molecule has 0 N–H and O–H groups in total. The van der Waals surface area contributed by atoms with Gasteiger partial charge in [-0.1, -0.05) is 37.3 Å². The molecule has 0 unspecified atom stereocenters. The molecule has 0 saturated carbocycles. The van der Waals surface area contributed by atoms with E-state index in [1.807, 2.05) is 37.3 Å². The average Bonchev–Trinajstić information content (AvgIpc) is 2.46. The van der Waals surface area contributed by atoms with Gasteiger partial charge in [0.05, 0.1) is 6.61 Å². The zero-order valence-electron chi connectivity index (χ0n) is 12.3. The number of nitrogens with zero attached hydrogens (tertiary/aromatic N) is 1. The minimum absolute atomic E-state index is 0.0529. The Morgan fingerprint density at radius 3 is 2.50 bits per heavy atom. The van der Waals surface area contributed by atoms with Gasteiger partial charge in [0.2, 0.25) is 5.91 Å². The van der Waals surface area contributed by atoms with Crippen LogP contribution in [0.2, 0.25) is 0 Å². The number of rotatable bonds is 8. The second-order valence-electron chi connectivity index (χ2n) is 4.81. The summed E-state index contributed by atoms with van der Waals surface area (Å²) in [6.45, 7) is 3.01. The fourth-order valence-electron chi connectivity index (χ4n) is 1.81. The number of amides is 1. The highest BCUT2D eigenvalue weighted by molar-refractivity contribution is 5.77. The molecule has 20 heavy (non-hydrogen) atoms. The lowest BCUT2D eigenvalue weighted by atomic mass is 10.2. The standard InChI is InChI=1S/C16H23NO3/c1-3-12-20-16(19)11-7-10-15(18)17(2)13-14-8-5-4-6-9-14/h4-6,8-9H,3,7,10-13H2,1-2H3. The van der Waals surface area contributed by atoms with Crippen LogP contribution in [-0.2, 0) is 20.9 Å². The molecule has 1 aromatic rings. The summed E-state index contributed by atoms with van der Waals surface area (Å²) in [5.41, 5.74) is 1.10. The average molecular weight is 277 g/mol. The van der Waals surface area contributed by atoms with Crippen LogP contribution >= 0.6 is 0 Å². The van der Waals surface area contributed by atoms with Crippen LogP contribution in [0.15, 0.2) is 30.3 Å². The van der Waals surface area contributed by atoms with Crippen LogP contribution in [0.4, 0.5) is 0 Å². The molecule has 0 atom stereocenters. The Morgan fingerprint density at radius 2 is 1.85 bits per heavy atom. The van der Waals surface area contributed by atoms with Crippen LogP contribution in [0.25, 0.3) is 0 Å². The van der Waals surface area contributed by atoms with Crippen molar-refractivity contribution in [2.45, 2.75) is 39.2 Å². The van der Waals surface area contributed by atoms with Crippen LogP contribution < -0.4 is 0 Å². The second kappa shape index (κ2) is 9.13. The van der Waals surface area contributed by atoms with E-state index in [4.69, 9.17) is 4.74 Å². The van der Waals surface area contributed by atoms with E-state index < -0.39 is 0 Å². The van der Waals surface area contributed by atoms with Gasteiger partial charge >= 0.3 is 5.97 Å². The smallest absolute Gasteiger partial charge is 0.305 e. The summed E-state index contributed by atoms with van der Waals surface area (Å²) in [5.74, 6) is -0.164. The Labute approximate surface area is 120 Å². The molecule has 0 bridgehead atoms. The molecule has 0 fully saturated rings. The second-order valence-corrected chi connectivity index (χ2v) is 4.81. The molecule has 1 rings (SSSR count). The zero-order chi connectivity index (χ0) is 14.8. The highest BCUT2D eigenvalue weighted by Crippen LogP contribution is 2.06. The van der Waals surface area contributed by atoms with Crippen molar-refractivity contribution in [3.63, 3.8) is 0 Å². The third kappa shape index (κ3) is 6.36. The Hall–Kier alpha value is -1.84. The van der Waals surface area contributed by atoms with Crippen molar-refractivity contribution >= 4 is 11.9 Å². The summed E-state index contributed by atoms with van der Waals surface area (Å²) in [5, 5.41) is 0. The molecular weight excluding hydrogens is 254 g/mol. The van der Waals surface area contributed by atoms with Crippen molar-refractivity contribution in [3.05, 3.63) is 35.9 Å². The summed E-state index contributed by atoms with van der Waals surface area (Å²) in [6.07, 6.45) is 2.06. The first-order valence-corrected chi connectivity index (χ1v) is 7.07. The molecule has 0 saturated heterocycles. The lowest BCUT2D eigenvalue weighted by Crippen LogP contribution is -2.26. The van der Waals surface area contributed by atoms with Crippen molar-refractivity contribution in [1.29, 1.82) is 0 Å². The van der Waals surface area contributed by atoms with E-state index in [2.05, 4.69) is 0 Å². The van der Waals surface area contributed by atoms with E-state index >= 15 is 0 Å². The maximum absolute atomic E-state index is 11.9. The molecule has 1 amide bonds. The highest BCUT2D eigenvalue weighted by atomic mass is 16.5. The summed E-state index contributed by atoms with van der Waals surface area (Å²) < 4.78 is 4.97. The van der Waals surface area contributed by atoms with Gasteiger partial charge in [-0.15, -0.1) is 0 Å². The van der Waals surface area contributed by atoms with Gasteiger partial charge in [0, 0.05) is 26.4 Å². The van der Waals surface area contributed by atoms with Crippen LogP contribution in [0, 0.1) is 0 Å². The van der Waals surface area contributed by atoms with Crippen LogP contribution in [0.1, 0.15) is 38.2 Å². The van der Waals surface area contributed by atoms with Gasteiger partial charge in [-0.3, -0.25) is 9.59 Å². The fourth-order valence-corrected chi connectivity index (χ4v) is 1.81. The zero-order valence-corrected chi connectivity index (χ0v) is 12.3. The van der Waals surface area contributed by atoms with E-state index in [1.54, 1.807) is 11.9 Å². The Balaban J connectivity index is 2.23. The third-order valence-corrected chi connectivity index (χ3v) is 2.93. The van der Waals surface area contributed by atoms with Gasteiger partial charge in [0.1, 0.15) is 0 Å². The predicted octanol–water partition coefficient (Wildman–Crippen LogP) is 2.77. The molecule has 0 radical (unpaired) electrons. The molecule has 0 spiro atoms. The summed E-state index contributed by atoms with van der Waals surface area (Å²) in [4.78, 5) is 24.9. The number of carbonyl (C=O) groups excluding carboxylic acids is 2. The van der Waals surface area contributed by atoms with E-state index in [9.17, 15) is 9.59 Å². The molecule has 0 aliphatic rings. The quantitative estimate of drug-likeness (QED) is 0.686. The van der Waals surface area contributed by atoms with E-state index in [0.29, 0.717) is 32.4 Å².